The van der Waals surface area contributed by atoms with Gasteiger partial charge in [-0.05, 0) is 13.3 Å². The molecular formula is C15H20O4. The maximum Gasteiger partial charge on any atom is 0.195 e. The van der Waals surface area contributed by atoms with Gasteiger partial charge in [-0.3, -0.25) is 0 Å². The number of hydrogen-bond acceptors (Lipinski definition) is 4. The molecule has 1 aromatic carbocycles. The average Bonchev–Trinajstić information content (AvgIpc) is 2.89. The van der Waals surface area contributed by atoms with E-state index < -0.39 is 24.3 Å². The fourth-order valence-electron chi connectivity index (χ4n) is 2.83. The predicted molar refractivity (Wildman–Crippen MR) is 69.3 cm³/mol. The molecule has 0 aliphatic carbocycles. The number of aliphatic hydroxyl groups excluding tert-OH is 1. The third-order valence-electron chi connectivity index (χ3n) is 3.87. The van der Waals surface area contributed by atoms with Gasteiger partial charge in [-0.25, -0.2) is 0 Å². The summed E-state index contributed by atoms with van der Waals surface area (Å²) in [5, 5.41) is 10.2. The van der Waals surface area contributed by atoms with Crippen LogP contribution in [0.4, 0.5) is 0 Å². The van der Waals surface area contributed by atoms with Crippen LogP contribution in [0.1, 0.15) is 32.3 Å². The van der Waals surface area contributed by atoms with E-state index in [1.807, 2.05) is 37.3 Å². The van der Waals surface area contributed by atoms with Crippen LogP contribution in [0.25, 0.3) is 0 Å². The first kappa shape index (κ1) is 13.1. The summed E-state index contributed by atoms with van der Waals surface area (Å²) in [5.41, 5.74) is 0.937. The Kier molecular flexibility index (Phi) is 3.35. The van der Waals surface area contributed by atoms with Gasteiger partial charge in [-0.1, -0.05) is 43.7 Å². The molecule has 0 saturated carbocycles. The molecule has 2 aliphatic rings. The van der Waals surface area contributed by atoms with Crippen LogP contribution in [0.5, 0.6) is 0 Å². The standard InChI is InChI=1S/C15H20O4/c1-3-7-11-12(16)13-14(17-11)19-15(2,18-13)10-8-5-4-6-9-10/h4-6,8-9,11-14,16H,3,7H2,1-2H3/t11-,12+,13-,14-,15?/m1/s1. The largest absolute Gasteiger partial charge is 0.387 e. The second kappa shape index (κ2) is 4.87. The maximum absolute atomic E-state index is 10.2. The van der Waals surface area contributed by atoms with Crippen molar-refractivity contribution in [1.29, 1.82) is 0 Å². The van der Waals surface area contributed by atoms with Crippen molar-refractivity contribution in [3.63, 3.8) is 0 Å². The first-order chi connectivity index (χ1) is 9.14. The van der Waals surface area contributed by atoms with Crippen molar-refractivity contribution in [2.75, 3.05) is 0 Å². The molecule has 2 fully saturated rings. The third-order valence-corrected chi connectivity index (χ3v) is 3.87. The summed E-state index contributed by atoms with van der Waals surface area (Å²) < 4.78 is 17.6. The SMILES string of the molecule is CCC[C@H]1O[C@@H]2OC(C)(c3ccccc3)O[C@@H]2[C@H]1O. The van der Waals surface area contributed by atoms with Crippen molar-refractivity contribution < 1.29 is 19.3 Å². The van der Waals surface area contributed by atoms with Gasteiger partial charge < -0.3 is 19.3 Å². The minimum atomic E-state index is -0.839. The van der Waals surface area contributed by atoms with Crippen LogP contribution >= 0.6 is 0 Å². The lowest BCUT2D eigenvalue weighted by molar-refractivity contribution is -0.231. The molecule has 0 bridgehead atoms. The highest BCUT2D eigenvalue weighted by Gasteiger charge is 2.55. The molecule has 19 heavy (non-hydrogen) atoms. The van der Waals surface area contributed by atoms with Gasteiger partial charge in [-0.2, -0.15) is 0 Å². The number of fused-ring (bicyclic) bond motifs is 1. The molecule has 1 N–H and O–H groups in total. The molecule has 0 amide bonds. The van der Waals surface area contributed by atoms with Gasteiger partial charge in [0.15, 0.2) is 12.1 Å². The number of rotatable bonds is 3. The summed E-state index contributed by atoms with van der Waals surface area (Å²) in [5.74, 6) is -0.839. The second-order valence-electron chi connectivity index (χ2n) is 5.33. The minimum absolute atomic E-state index is 0.180. The number of benzene rings is 1. The summed E-state index contributed by atoms with van der Waals surface area (Å²) in [7, 11) is 0. The molecule has 2 aliphatic heterocycles. The number of ether oxygens (including phenoxy) is 3. The van der Waals surface area contributed by atoms with Crippen LogP contribution in [-0.2, 0) is 20.0 Å². The van der Waals surface area contributed by atoms with Crippen LogP contribution in [0, 0.1) is 0 Å². The van der Waals surface area contributed by atoms with Crippen molar-refractivity contribution in [2.24, 2.45) is 0 Å². The van der Waals surface area contributed by atoms with E-state index in [4.69, 9.17) is 14.2 Å². The molecule has 0 aromatic heterocycles. The molecule has 4 heteroatoms. The highest BCUT2D eigenvalue weighted by molar-refractivity contribution is 5.21. The highest BCUT2D eigenvalue weighted by atomic mass is 16.8. The summed E-state index contributed by atoms with van der Waals surface area (Å²) in [4.78, 5) is 0. The van der Waals surface area contributed by atoms with Crippen LogP contribution < -0.4 is 0 Å². The van der Waals surface area contributed by atoms with E-state index in [1.54, 1.807) is 0 Å². The minimum Gasteiger partial charge on any atom is -0.387 e. The Labute approximate surface area is 113 Å². The second-order valence-corrected chi connectivity index (χ2v) is 5.33. The molecule has 3 rings (SSSR count). The Morgan fingerprint density at radius 1 is 1.21 bits per heavy atom. The van der Waals surface area contributed by atoms with Gasteiger partial charge in [0.1, 0.15) is 12.2 Å². The zero-order chi connectivity index (χ0) is 13.5. The van der Waals surface area contributed by atoms with E-state index in [0.29, 0.717) is 0 Å². The van der Waals surface area contributed by atoms with E-state index in [-0.39, 0.29) is 6.10 Å². The fourth-order valence-corrected chi connectivity index (χ4v) is 2.83. The van der Waals surface area contributed by atoms with Gasteiger partial charge >= 0.3 is 0 Å². The number of hydrogen-bond donors (Lipinski definition) is 1. The van der Waals surface area contributed by atoms with Gasteiger partial charge in [0, 0.05) is 5.56 Å². The van der Waals surface area contributed by atoms with Crippen LogP contribution in [-0.4, -0.2) is 29.7 Å². The summed E-state index contributed by atoms with van der Waals surface area (Å²) >= 11 is 0. The van der Waals surface area contributed by atoms with Crippen molar-refractivity contribution in [3.8, 4) is 0 Å². The van der Waals surface area contributed by atoms with E-state index in [2.05, 4.69) is 6.92 Å². The van der Waals surface area contributed by atoms with Crippen molar-refractivity contribution in [2.45, 2.75) is 57.1 Å². The van der Waals surface area contributed by atoms with Crippen LogP contribution in [0.3, 0.4) is 0 Å². The molecule has 0 spiro atoms. The Hall–Kier alpha value is -0.940. The highest BCUT2D eigenvalue weighted by Crippen LogP contribution is 2.43. The Bertz CT molecular complexity index is 435. The topological polar surface area (TPSA) is 47.9 Å². The van der Waals surface area contributed by atoms with Crippen molar-refractivity contribution in [3.05, 3.63) is 35.9 Å². The molecule has 1 unspecified atom stereocenters. The molecular weight excluding hydrogens is 244 g/mol. The normalized spacial score (nSPS) is 41.4. The van der Waals surface area contributed by atoms with Crippen molar-refractivity contribution in [1.82, 2.24) is 0 Å². The maximum atomic E-state index is 10.2. The Morgan fingerprint density at radius 2 is 1.95 bits per heavy atom. The lowest BCUT2D eigenvalue weighted by atomic mass is 10.1. The van der Waals surface area contributed by atoms with E-state index in [0.717, 1.165) is 18.4 Å². The van der Waals surface area contributed by atoms with E-state index >= 15 is 0 Å². The molecule has 2 heterocycles. The zero-order valence-corrected chi connectivity index (χ0v) is 11.3. The van der Waals surface area contributed by atoms with Crippen LogP contribution in [0.15, 0.2) is 30.3 Å². The Morgan fingerprint density at radius 3 is 2.58 bits per heavy atom. The number of aliphatic hydroxyl groups is 1. The zero-order valence-electron chi connectivity index (χ0n) is 11.3. The van der Waals surface area contributed by atoms with Gasteiger partial charge in [0.25, 0.3) is 0 Å². The van der Waals surface area contributed by atoms with E-state index in [9.17, 15) is 5.11 Å². The monoisotopic (exact) mass is 264 g/mol. The van der Waals surface area contributed by atoms with Gasteiger partial charge in [0.2, 0.25) is 0 Å². The molecule has 4 nitrogen and oxygen atoms in total. The predicted octanol–water partition coefficient (Wildman–Crippen LogP) is 2.16. The molecule has 1 aromatic rings. The average molecular weight is 264 g/mol. The van der Waals surface area contributed by atoms with E-state index in [1.165, 1.54) is 0 Å². The first-order valence-corrected chi connectivity index (χ1v) is 6.89. The Balaban J connectivity index is 1.76. The molecule has 0 radical (unpaired) electrons. The summed E-state index contributed by atoms with van der Waals surface area (Å²) in [6.07, 6.45) is 0.120. The van der Waals surface area contributed by atoms with Crippen LogP contribution in [0.2, 0.25) is 0 Å². The first-order valence-electron chi connectivity index (χ1n) is 6.89. The lowest BCUT2D eigenvalue weighted by Gasteiger charge is -2.27. The van der Waals surface area contributed by atoms with Gasteiger partial charge in [-0.15, -0.1) is 0 Å². The smallest absolute Gasteiger partial charge is 0.195 e. The van der Waals surface area contributed by atoms with Crippen molar-refractivity contribution >= 4 is 0 Å². The summed E-state index contributed by atoms with van der Waals surface area (Å²) in [6, 6.07) is 9.75. The molecule has 2 saturated heterocycles. The fraction of sp³-hybridized carbons (Fsp3) is 0.600. The molecule has 104 valence electrons. The lowest BCUT2D eigenvalue weighted by Crippen LogP contribution is -2.34. The molecule has 5 atom stereocenters. The quantitative estimate of drug-likeness (QED) is 0.909. The summed E-state index contributed by atoms with van der Waals surface area (Å²) in [6.45, 7) is 3.94. The third kappa shape index (κ3) is 2.19. The van der Waals surface area contributed by atoms with Gasteiger partial charge in [0.05, 0.1) is 6.10 Å².